The molecule has 0 aliphatic heterocycles. The molecule has 0 aliphatic rings. The van der Waals surface area contributed by atoms with E-state index in [2.05, 4.69) is 31.3 Å². The Labute approximate surface area is 99.0 Å². The minimum atomic E-state index is 1.06. The zero-order chi connectivity index (χ0) is 12.0. The summed E-state index contributed by atoms with van der Waals surface area (Å²) in [5.41, 5.74) is 3.91. The highest BCUT2D eigenvalue weighted by molar-refractivity contribution is 5.43. The highest BCUT2D eigenvalue weighted by Gasteiger charge is 2.06. The third kappa shape index (κ3) is 3.53. The molecule has 1 aromatic carbocycles. The van der Waals surface area contributed by atoms with Crippen molar-refractivity contribution in [3.05, 3.63) is 28.8 Å². The van der Waals surface area contributed by atoms with Crippen molar-refractivity contribution < 1.29 is 4.74 Å². The second-order valence-corrected chi connectivity index (χ2v) is 4.33. The summed E-state index contributed by atoms with van der Waals surface area (Å²) in [5, 5.41) is 3.17. The number of rotatable bonds is 6. The van der Waals surface area contributed by atoms with Crippen molar-refractivity contribution in [3.8, 4) is 5.75 Å². The van der Waals surface area contributed by atoms with Crippen LogP contribution in [0.5, 0.6) is 5.75 Å². The van der Waals surface area contributed by atoms with E-state index in [1.165, 1.54) is 29.5 Å². The molecule has 0 atom stereocenters. The third-order valence-corrected chi connectivity index (χ3v) is 2.82. The summed E-state index contributed by atoms with van der Waals surface area (Å²) in [4.78, 5) is 0. The number of hydrogen-bond donors (Lipinski definition) is 1. The Kier molecular flexibility index (Phi) is 5.33. The summed E-state index contributed by atoms with van der Waals surface area (Å²) in [6.45, 7) is 5.35. The predicted octanol–water partition coefficient (Wildman–Crippen LogP) is 2.85. The van der Waals surface area contributed by atoms with Crippen LogP contribution in [0.2, 0.25) is 0 Å². The maximum absolute atomic E-state index is 5.47. The number of unbranched alkanes of at least 4 members (excludes halogenated alkanes) is 1. The molecule has 0 amide bonds. The molecule has 0 bridgehead atoms. The quantitative estimate of drug-likeness (QED) is 0.746. The average Bonchev–Trinajstić information content (AvgIpc) is 2.24. The van der Waals surface area contributed by atoms with Gasteiger partial charge in [-0.1, -0.05) is 17.7 Å². The van der Waals surface area contributed by atoms with E-state index < -0.39 is 0 Å². The van der Waals surface area contributed by atoms with Gasteiger partial charge in [-0.25, -0.2) is 0 Å². The number of hydrogen-bond acceptors (Lipinski definition) is 2. The van der Waals surface area contributed by atoms with E-state index >= 15 is 0 Å². The van der Waals surface area contributed by atoms with Crippen LogP contribution in [0.15, 0.2) is 12.1 Å². The Morgan fingerprint density at radius 1 is 1.19 bits per heavy atom. The highest BCUT2D eigenvalue weighted by atomic mass is 16.5. The summed E-state index contributed by atoms with van der Waals surface area (Å²) in [7, 11) is 3.76. The Morgan fingerprint density at radius 3 is 2.56 bits per heavy atom. The Balaban J connectivity index is 2.69. The van der Waals surface area contributed by atoms with Gasteiger partial charge in [0.05, 0.1) is 7.11 Å². The molecule has 0 spiro atoms. The molecule has 0 saturated carbocycles. The minimum Gasteiger partial charge on any atom is -0.496 e. The first-order chi connectivity index (χ1) is 7.69. The molecule has 0 fully saturated rings. The molecular formula is C14H23NO. The van der Waals surface area contributed by atoms with Crippen LogP contribution in [-0.4, -0.2) is 20.7 Å². The summed E-state index contributed by atoms with van der Waals surface area (Å²) in [5.74, 6) is 1.06. The molecule has 0 aromatic heterocycles. The van der Waals surface area contributed by atoms with Crippen molar-refractivity contribution in [1.29, 1.82) is 0 Å². The second kappa shape index (κ2) is 6.54. The smallest absolute Gasteiger partial charge is 0.124 e. The van der Waals surface area contributed by atoms with E-state index in [9.17, 15) is 0 Å². The summed E-state index contributed by atoms with van der Waals surface area (Å²) in [6, 6.07) is 4.42. The van der Waals surface area contributed by atoms with Crippen LogP contribution in [0.4, 0.5) is 0 Å². The van der Waals surface area contributed by atoms with Crippen LogP contribution in [0.3, 0.4) is 0 Å². The molecule has 2 heteroatoms. The van der Waals surface area contributed by atoms with Crippen molar-refractivity contribution in [2.24, 2.45) is 0 Å². The Hall–Kier alpha value is -1.02. The largest absolute Gasteiger partial charge is 0.496 e. The lowest BCUT2D eigenvalue weighted by molar-refractivity contribution is 0.405. The van der Waals surface area contributed by atoms with Gasteiger partial charge in [0, 0.05) is 0 Å². The van der Waals surface area contributed by atoms with Gasteiger partial charge in [0.2, 0.25) is 0 Å². The Bertz CT molecular complexity index is 334. The van der Waals surface area contributed by atoms with E-state index in [1.54, 1.807) is 7.11 Å². The summed E-state index contributed by atoms with van der Waals surface area (Å²) in [6.07, 6.45) is 3.53. The fraction of sp³-hybridized carbons (Fsp3) is 0.571. The third-order valence-electron chi connectivity index (χ3n) is 2.82. The van der Waals surface area contributed by atoms with Gasteiger partial charge in [-0.15, -0.1) is 0 Å². The molecular weight excluding hydrogens is 198 g/mol. The molecule has 1 aromatic rings. The summed E-state index contributed by atoms with van der Waals surface area (Å²) >= 11 is 0. The van der Waals surface area contributed by atoms with Crippen LogP contribution in [0.25, 0.3) is 0 Å². The zero-order valence-corrected chi connectivity index (χ0v) is 10.9. The molecule has 0 unspecified atom stereocenters. The molecule has 1 rings (SSSR count). The van der Waals surface area contributed by atoms with Crippen molar-refractivity contribution >= 4 is 0 Å². The topological polar surface area (TPSA) is 21.3 Å². The fourth-order valence-electron chi connectivity index (χ4n) is 2.14. The summed E-state index contributed by atoms with van der Waals surface area (Å²) < 4.78 is 5.47. The monoisotopic (exact) mass is 221 g/mol. The molecule has 1 N–H and O–H groups in total. The van der Waals surface area contributed by atoms with Crippen LogP contribution in [0.1, 0.15) is 29.5 Å². The second-order valence-electron chi connectivity index (χ2n) is 4.33. The normalized spacial score (nSPS) is 10.5. The van der Waals surface area contributed by atoms with Gasteiger partial charge in [-0.05, 0) is 57.8 Å². The van der Waals surface area contributed by atoms with Gasteiger partial charge in [-0.3, -0.25) is 0 Å². The number of benzene rings is 1. The molecule has 0 saturated heterocycles. The van der Waals surface area contributed by atoms with Crippen LogP contribution >= 0.6 is 0 Å². The van der Waals surface area contributed by atoms with Crippen LogP contribution in [-0.2, 0) is 6.42 Å². The molecule has 0 heterocycles. The lowest BCUT2D eigenvalue weighted by atomic mass is 10.0. The van der Waals surface area contributed by atoms with Crippen LogP contribution in [0, 0.1) is 13.8 Å². The van der Waals surface area contributed by atoms with Gasteiger partial charge in [0.15, 0.2) is 0 Å². The first kappa shape index (κ1) is 13.0. The van der Waals surface area contributed by atoms with Crippen molar-refractivity contribution in [1.82, 2.24) is 5.32 Å². The maximum atomic E-state index is 5.47. The SMILES string of the molecule is CNCCCCc1cc(C)cc(C)c1OC. The van der Waals surface area contributed by atoms with Crippen LogP contribution < -0.4 is 10.1 Å². The van der Waals surface area contributed by atoms with Gasteiger partial charge in [-0.2, -0.15) is 0 Å². The van der Waals surface area contributed by atoms with Crippen molar-refractivity contribution in [3.63, 3.8) is 0 Å². The number of aryl methyl sites for hydroxylation is 3. The van der Waals surface area contributed by atoms with Gasteiger partial charge >= 0.3 is 0 Å². The first-order valence-corrected chi connectivity index (χ1v) is 5.97. The molecule has 0 radical (unpaired) electrons. The lowest BCUT2D eigenvalue weighted by Gasteiger charge is -2.12. The minimum absolute atomic E-state index is 1.06. The van der Waals surface area contributed by atoms with Gasteiger partial charge < -0.3 is 10.1 Å². The molecule has 2 nitrogen and oxygen atoms in total. The van der Waals surface area contributed by atoms with E-state index in [4.69, 9.17) is 4.74 Å². The molecule has 0 aliphatic carbocycles. The number of nitrogens with one attached hydrogen (secondary N) is 1. The van der Waals surface area contributed by atoms with E-state index in [0.717, 1.165) is 18.7 Å². The molecule has 90 valence electrons. The average molecular weight is 221 g/mol. The highest BCUT2D eigenvalue weighted by Crippen LogP contribution is 2.26. The number of methoxy groups -OCH3 is 1. The van der Waals surface area contributed by atoms with Crippen molar-refractivity contribution in [2.75, 3.05) is 20.7 Å². The number of ether oxygens (including phenoxy) is 1. The maximum Gasteiger partial charge on any atom is 0.124 e. The van der Waals surface area contributed by atoms with Gasteiger partial charge in [0.25, 0.3) is 0 Å². The fourth-order valence-corrected chi connectivity index (χ4v) is 2.14. The predicted molar refractivity (Wildman–Crippen MR) is 69.3 cm³/mol. The standard InChI is InChI=1S/C14H23NO/c1-11-9-12(2)14(16-4)13(10-11)7-5-6-8-15-3/h9-10,15H,5-8H2,1-4H3. The Morgan fingerprint density at radius 2 is 1.94 bits per heavy atom. The molecule has 16 heavy (non-hydrogen) atoms. The zero-order valence-electron chi connectivity index (χ0n) is 10.9. The van der Waals surface area contributed by atoms with E-state index in [0.29, 0.717) is 0 Å². The van der Waals surface area contributed by atoms with Crippen molar-refractivity contribution in [2.45, 2.75) is 33.1 Å². The van der Waals surface area contributed by atoms with Gasteiger partial charge in [0.1, 0.15) is 5.75 Å². The van der Waals surface area contributed by atoms with E-state index in [1.807, 2.05) is 7.05 Å². The lowest BCUT2D eigenvalue weighted by Crippen LogP contribution is -2.07. The first-order valence-electron chi connectivity index (χ1n) is 5.97. The van der Waals surface area contributed by atoms with E-state index in [-0.39, 0.29) is 0 Å².